The van der Waals surface area contributed by atoms with Crippen molar-refractivity contribution in [3.05, 3.63) is 28.4 Å². The second kappa shape index (κ2) is 2.44. The number of nitrogens with zero attached hydrogens (tertiary/aromatic N) is 3. The Hall–Kier alpha value is -1.65. The van der Waals surface area contributed by atoms with Crippen LogP contribution in [0.4, 0.5) is 0 Å². The molecule has 0 amide bonds. The van der Waals surface area contributed by atoms with E-state index in [4.69, 9.17) is 0 Å². The molecule has 0 aromatic carbocycles. The van der Waals surface area contributed by atoms with Crippen LogP contribution in [0.1, 0.15) is 12.7 Å². The van der Waals surface area contributed by atoms with Gasteiger partial charge in [-0.15, -0.1) is 0 Å². The van der Waals surface area contributed by atoms with Crippen molar-refractivity contribution >= 4 is 5.78 Å². The van der Waals surface area contributed by atoms with E-state index in [2.05, 4.69) is 15.1 Å². The SMILES string of the molecule is CCc1nc2[nH]c(=O)ccn2n1. The largest absolute Gasteiger partial charge is 0.291 e. The highest BCUT2D eigenvalue weighted by Crippen LogP contribution is 1.94. The van der Waals surface area contributed by atoms with Crippen LogP contribution in [0.5, 0.6) is 0 Å². The molecule has 0 aliphatic carbocycles. The van der Waals surface area contributed by atoms with Crippen molar-refractivity contribution in [3.8, 4) is 0 Å². The van der Waals surface area contributed by atoms with Crippen LogP contribution >= 0.6 is 0 Å². The zero-order valence-electron chi connectivity index (χ0n) is 6.61. The van der Waals surface area contributed by atoms with E-state index < -0.39 is 0 Å². The number of fused-ring (bicyclic) bond motifs is 1. The number of rotatable bonds is 1. The van der Waals surface area contributed by atoms with Crippen molar-refractivity contribution in [2.45, 2.75) is 13.3 Å². The Morgan fingerprint density at radius 3 is 3.25 bits per heavy atom. The molecule has 0 unspecified atom stereocenters. The summed E-state index contributed by atoms with van der Waals surface area (Å²) in [4.78, 5) is 17.5. The quantitative estimate of drug-likeness (QED) is 0.644. The Balaban J connectivity index is 2.75. The van der Waals surface area contributed by atoms with Gasteiger partial charge in [0, 0.05) is 18.7 Å². The highest BCUT2D eigenvalue weighted by Gasteiger charge is 2.00. The second-order valence-electron chi connectivity index (χ2n) is 2.45. The van der Waals surface area contributed by atoms with E-state index in [0.29, 0.717) is 5.78 Å². The lowest BCUT2D eigenvalue weighted by atomic mass is 10.5. The summed E-state index contributed by atoms with van der Waals surface area (Å²) in [5, 5.41) is 4.11. The van der Waals surface area contributed by atoms with E-state index in [-0.39, 0.29) is 5.56 Å². The third-order valence-corrected chi connectivity index (χ3v) is 1.59. The summed E-state index contributed by atoms with van der Waals surface area (Å²) < 4.78 is 1.56. The number of aryl methyl sites for hydroxylation is 1. The molecule has 0 saturated carbocycles. The van der Waals surface area contributed by atoms with Crippen LogP contribution in [0.15, 0.2) is 17.1 Å². The average Bonchev–Trinajstić information content (AvgIpc) is 2.46. The Labute approximate surface area is 68.1 Å². The maximum atomic E-state index is 10.8. The molecule has 5 nitrogen and oxygen atoms in total. The molecule has 2 aromatic heterocycles. The van der Waals surface area contributed by atoms with Crippen molar-refractivity contribution in [1.82, 2.24) is 19.6 Å². The van der Waals surface area contributed by atoms with E-state index >= 15 is 0 Å². The first-order valence-corrected chi connectivity index (χ1v) is 3.74. The minimum Gasteiger partial charge on any atom is -0.291 e. The predicted molar refractivity (Wildman–Crippen MR) is 43.0 cm³/mol. The summed E-state index contributed by atoms with van der Waals surface area (Å²) in [6, 6.07) is 1.42. The van der Waals surface area contributed by atoms with Gasteiger partial charge in [-0.3, -0.25) is 9.78 Å². The van der Waals surface area contributed by atoms with E-state index in [1.165, 1.54) is 6.07 Å². The predicted octanol–water partition coefficient (Wildman–Crippen LogP) is -0.0200. The van der Waals surface area contributed by atoms with E-state index in [1.54, 1.807) is 10.7 Å². The Morgan fingerprint density at radius 2 is 2.50 bits per heavy atom. The van der Waals surface area contributed by atoms with Gasteiger partial charge in [0.15, 0.2) is 5.82 Å². The first-order valence-electron chi connectivity index (χ1n) is 3.74. The van der Waals surface area contributed by atoms with Crippen LogP contribution in [-0.4, -0.2) is 19.6 Å². The van der Waals surface area contributed by atoms with Gasteiger partial charge in [-0.25, -0.2) is 4.52 Å². The topological polar surface area (TPSA) is 63.0 Å². The fourth-order valence-corrected chi connectivity index (χ4v) is 0.997. The van der Waals surface area contributed by atoms with Gasteiger partial charge in [0.25, 0.3) is 5.56 Å². The summed E-state index contributed by atoms with van der Waals surface area (Å²) in [6.07, 6.45) is 2.37. The van der Waals surface area contributed by atoms with Crippen molar-refractivity contribution < 1.29 is 0 Å². The Kier molecular flexibility index (Phi) is 1.43. The fraction of sp³-hybridized carbons (Fsp3) is 0.286. The van der Waals surface area contributed by atoms with Gasteiger partial charge < -0.3 is 0 Å². The second-order valence-corrected chi connectivity index (χ2v) is 2.45. The molecule has 1 N–H and O–H groups in total. The van der Waals surface area contributed by atoms with Gasteiger partial charge in [0.05, 0.1) is 0 Å². The molecule has 0 bridgehead atoms. The lowest BCUT2D eigenvalue weighted by Crippen LogP contribution is -2.05. The molecule has 0 aliphatic heterocycles. The Bertz CT molecular complexity index is 456. The van der Waals surface area contributed by atoms with Gasteiger partial charge in [0.2, 0.25) is 5.78 Å². The maximum Gasteiger partial charge on any atom is 0.252 e. The van der Waals surface area contributed by atoms with Gasteiger partial charge in [-0.05, 0) is 0 Å². The number of H-pyrrole nitrogens is 1. The number of nitrogens with one attached hydrogen (secondary N) is 1. The van der Waals surface area contributed by atoms with Crippen LogP contribution in [0, 0.1) is 0 Å². The number of hydrogen-bond donors (Lipinski definition) is 1. The minimum atomic E-state index is -0.155. The van der Waals surface area contributed by atoms with Crippen molar-refractivity contribution in [3.63, 3.8) is 0 Å². The average molecular weight is 164 g/mol. The minimum absolute atomic E-state index is 0.155. The summed E-state index contributed by atoms with van der Waals surface area (Å²) in [5.41, 5.74) is -0.155. The third-order valence-electron chi connectivity index (χ3n) is 1.59. The van der Waals surface area contributed by atoms with Crippen molar-refractivity contribution in [2.75, 3.05) is 0 Å². The highest BCUT2D eigenvalue weighted by molar-refractivity contribution is 5.24. The molecule has 0 aliphatic rings. The molecular formula is C7H8N4O. The molecule has 0 atom stereocenters. The normalized spacial score (nSPS) is 10.8. The van der Waals surface area contributed by atoms with Gasteiger partial charge >= 0.3 is 0 Å². The standard InChI is InChI=1S/C7H8N4O/c1-2-5-8-7-9-6(12)3-4-11(7)10-5/h3-4H,2H2,1H3,(H,8,9,10,12). The van der Waals surface area contributed by atoms with E-state index in [1.807, 2.05) is 6.92 Å². The summed E-state index contributed by atoms with van der Waals surface area (Å²) in [6.45, 7) is 1.97. The molecule has 62 valence electrons. The first kappa shape index (κ1) is 7.02. The molecular weight excluding hydrogens is 156 g/mol. The zero-order valence-corrected chi connectivity index (χ0v) is 6.61. The first-order chi connectivity index (χ1) is 5.79. The Morgan fingerprint density at radius 1 is 1.67 bits per heavy atom. The molecule has 5 heteroatoms. The van der Waals surface area contributed by atoms with Gasteiger partial charge in [-0.1, -0.05) is 6.92 Å². The molecule has 0 spiro atoms. The molecule has 12 heavy (non-hydrogen) atoms. The van der Waals surface area contributed by atoms with Crippen molar-refractivity contribution in [2.24, 2.45) is 0 Å². The van der Waals surface area contributed by atoms with Crippen LogP contribution in [0.25, 0.3) is 5.78 Å². The lowest BCUT2D eigenvalue weighted by Gasteiger charge is -1.85. The fourth-order valence-electron chi connectivity index (χ4n) is 0.997. The van der Waals surface area contributed by atoms with Crippen LogP contribution in [-0.2, 0) is 6.42 Å². The number of aromatic nitrogens is 4. The van der Waals surface area contributed by atoms with Crippen LogP contribution in [0.3, 0.4) is 0 Å². The molecule has 0 fully saturated rings. The highest BCUT2D eigenvalue weighted by atomic mass is 16.1. The van der Waals surface area contributed by atoms with E-state index in [9.17, 15) is 4.79 Å². The van der Waals surface area contributed by atoms with Crippen LogP contribution in [0.2, 0.25) is 0 Å². The third kappa shape index (κ3) is 0.990. The van der Waals surface area contributed by atoms with Crippen LogP contribution < -0.4 is 5.56 Å². The number of hydrogen-bond acceptors (Lipinski definition) is 3. The smallest absolute Gasteiger partial charge is 0.252 e. The molecule has 2 aromatic rings. The lowest BCUT2D eigenvalue weighted by molar-refractivity contribution is 0.876. The number of aromatic amines is 1. The zero-order chi connectivity index (χ0) is 8.55. The molecule has 2 rings (SSSR count). The molecule has 0 saturated heterocycles. The summed E-state index contributed by atoms with van der Waals surface area (Å²) >= 11 is 0. The molecule has 0 radical (unpaired) electrons. The van der Waals surface area contributed by atoms with Gasteiger partial charge in [-0.2, -0.15) is 10.1 Å². The monoisotopic (exact) mass is 164 g/mol. The summed E-state index contributed by atoms with van der Waals surface area (Å²) in [7, 11) is 0. The van der Waals surface area contributed by atoms with E-state index in [0.717, 1.165) is 12.2 Å². The van der Waals surface area contributed by atoms with Gasteiger partial charge in [0.1, 0.15) is 0 Å². The maximum absolute atomic E-state index is 10.8. The summed E-state index contributed by atoms with van der Waals surface area (Å²) in [5.74, 6) is 1.23. The molecule has 2 heterocycles. The van der Waals surface area contributed by atoms with Crippen molar-refractivity contribution in [1.29, 1.82) is 0 Å².